The Kier molecular flexibility index (Phi) is 7.98. The van der Waals surface area contributed by atoms with Crippen molar-refractivity contribution in [1.29, 1.82) is 5.26 Å². The van der Waals surface area contributed by atoms with E-state index in [2.05, 4.69) is 27.4 Å². The average molecular weight is 462 g/mol. The normalized spacial score (nSPS) is 46.9. The molecule has 0 saturated heterocycles. The van der Waals surface area contributed by atoms with Gasteiger partial charge in [-0.25, -0.2) is 0 Å². The standard InChI is InChI=1S/C24H40O5.C3H3N/c1-13(4-7-21(28)29)16-5-6-17-22-18(12-20(27)24(16,17)3)23(2)9-8-15(25)10-14(23)11-19(22)26;1-2-3-4/h13-20,22,25-27H,4-12H2,1-3H3,(H,28,29);2H,1H2/t13-,14+,15-,16-,17+,18+,19-,20+,22+,23+,24-;/m1./s1. The summed E-state index contributed by atoms with van der Waals surface area (Å²) in [4.78, 5) is 11.1. The van der Waals surface area contributed by atoms with Gasteiger partial charge in [-0.15, -0.1) is 0 Å². The maximum atomic E-state index is 11.5. The molecule has 4 saturated carbocycles. The predicted octanol–water partition coefficient (Wildman–Crippen LogP) is 4.14. The highest BCUT2D eigenvalue weighted by Crippen LogP contribution is 2.68. The second-order valence-electron chi connectivity index (χ2n) is 11.8. The minimum atomic E-state index is -0.748. The molecule has 11 atom stereocenters. The van der Waals surface area contributed by atoms with E-state index in [4.69, 9.17) is 10.4 Å². The average Bonchev–Trinajstić information content (AvgIpc) is 3.12. The summed E-state index contributed by atoms with van der Waals surface area (Å²) in [5.74, 6) is 0.997. The van der Waals surface area contributed by atoms with Crippen molar-refractivity contribution in [3.8, 4) is 6.07 Å². The Balaban J connectivity index is 0.000000709. The minimum Gasteiger partial charge on any atom is -0.481 e. The quantitative estimate of drug-likeness (QED) is 0.467. The smallest absolute Gasteiger partial charge is 0.303 e. The summed E-state index contributed by atoms with van der Waals surface area (Å²) in [7, 11) is 0. The number of allylic oxidation sites excluding steroid dienone is 1. The molecule has 4 aliphatic rings. The lowest BCUT2D eigenvalue weighted by Gasteiger charge is -2.63. The molecule has 4 N–H and O–H groups in total. The Morgan fingerprint density at radius 1 is 1.15 bits per heavy atom. The Hall–Kier alpha value is -1.42. The van der Waals surface area contributed by atoms with Gasteiger partial charge >= 0.3 is 5.97 Å². The van der Waals surface area contributed by atoms with Crippen molar-refractivity contribution >= 4 is 5.97 Å². The van der Waals surface area contributed by atoms with Gasteiger partial charge in [-0.05, 0) is 97.7 Å². The van der Waals surface area contributed by atoms with Crippen molar-refractivity contribution in [3.63, 3.8) is 0 Å². The van der Waals surface area contributed by atoms with Crippen LogP contribution in [0.4, 0.5) is 0 Å². The first-order chi connectivity index (χ1) is 15.5. The number of nitriles is 1. The second-order valence-corrected chi connectivity index (χ2v) is 11.8. The number of fused-ring (bicyclic) bond motifs is 5. The van der Waals surface area contributed by atoms with Gasteiger partial charge in [0.25, 0.3) is 0 Å². The number of carboxylic acid groups (broad SMARTS) is 1. The van der Waals surface area contributed by atoms with Crippen LogP contribution in [0, 0.1) is 57.7 Å². The van der Waals surface area contributed by atoms with Crippen LogP contribution in [0.1, 0.15) is 78.6 Å². The van der Waals surface area contributed by atoms with E-state index >= 15 is 0 Å². The van der Waals surface area contributed by atoms with Crippen LogP contribution in [0.25, 0.3) is 0 Å². The molecular weight excluding hydrogens is 418 g/mol. The summed E-state index contributed by atoms with van der Waals surface area (Å²) in [6.45, 7) is 9.84. The van der Waals surface area contributed by atoms with E-state index < -0.39 is 12.1 Å². The van der Waals surface area contributed by atoms with Gasteiger partial charge in [0.15, 0.2) is 0 Å². The summed E-state index contributed by atoms with van der Waals surface area (Å²) < 4.78 is 0. The van der Waals surface area contributed by atoms with Crippen LogP contribution in [0.2, 0.25) is 0 Å². The zero-order valence-electron chi connectivity index (χ0n) is 20.5. The first kappa shape index (κ1) is 26.2. The van der Waals surface area contributed by atoms with Gasteiger partial charge in [0.2, 0.25) is 0 Å². The lowest BCUT2D eigenvalue weighted by molar-refractivity contribution is -0.207. The first-order valence-electron chi connectivity index (χ1n) is 12.8. The van der Waals surface area contributed by atoms with Crippen molar-refractivity contribution in [3.05, 3.63) is 12.7 Å². The molecule has 0 heterocycles. The van der Waals surface area contributed by atoms with Gasteiger partial charge in [-0.2, -0.15) is 5.26 Å². The van der Waals surface area contributed by atoms with Crippen LogP contribution < -0.4 is 0 Å². The first-order valence-corrected chi connectivity index (χ1v) is 12.8. The molecular formula is C27H43NO5. The molecule has 0 radical (unpaired) electrons. The van der Waals surface area contributed by atoms with Gasteiger partial charge in [-0.1, -0.05) is 27.4 Å². The van der Waals surface area contributed by atoms with Crippen LogP contribution in [0.5, 0.6) is 0 Å². The van der Waals surface area contributed by atoms with E-state index in [0.717, 1.165) is 44.9 Å². The largest absolute Gasteiger partial charge is 0.481 e. The van der Waals surface area contributed by atoms with Gasteiger partial charge < -0.3 is 20.4 Å². The minimum absolute atomic E-state index is 0.0957. The van der Waals surface area contributed by atoms with E-state index in [-0.39, 0.29) is 41.3 Å². The molecule has 0 unspecified atom stereocenters. The molecule has 0 amide bonds. The molecule has 0 aromatic heterocycles. The fourth-order valence-corrected chi connectivity index (χ4v) is 8.68. The van der Waals surface area contributed by atoms with Crippen molar-refractivity contribution in [1.82, 2.24) is 0 Å². The lowest BCUT2D eigenvalue weighted by atomic mass is 9.43. The highest BCUT2D eigenvalue weighted by atomic mass is 16.4. The maximum Gasteiger partial charge on any atom is 0.303 e. The zero-order valence-corrected chi connectivity index (χ0v) is 20.5. The van der Waals surface area contributed by atoms with Crippen molar-refractivity contribution in [2.75, 3.05) is 0 Å². The second kappa shape index (κ2) is 10.1. The number of carbonyl (C=O) groups is 1. The number of aliphatic hydroxyl groups excluding tert-OH is 3. The molecule has 4 rings (SSSR count). The predicted molar refractivity (Wildman–Crippen MR) is 126 cm³/mol. The number of hydrogen-bond donors (Lipinski definition) is 4. The molecule has 0 spiro atoms. The maximum absolute atomic E-state index is 11.5. The van der Waals surface area contributed by atoms with E-state index in [0.29, 0.717) is 30.1 Å². The number of carboxylic acids is 1. The van der Waals surface area contributed by atoms with Crippen molar-refractivity contribution in [2.24, 2.45) is 46.3 Å². The third-order valence-electron chi connectivity index (χ3n) is 10.4. The monoisotopic (exact) mass is 461 g/mol. The van der Waals surface area contributed by atoms with Gasteiger partial charge in [0.1, 0.15) is 0 Å². The molecule has 0 aromatic rings. The van der Waals surface area contributed by atoms with Crippen LogP contribution in [0.15, 0.2) is 12.7 Å². The lowest BCUT2D eigenvalue weighted by Crippen LogP contribution is -2.62. The highest BCUT2D eigenvalue weighted by Gasteiger charge is 2.65. The molecule has 4 aliphatic carbocycles. The topological polar surface area (TPSA) is 122 Å². The van der Waals surface area contributed by atoms with Crippen LogP contribution in [-0.2, 0) is 4.79 Å². The summed E-state index contributed by atoms with van der Waals surface area (Å²) in [5.41, 5.74) is -0.143. The summed E-state index contributed by atoms with van der Waals surface area (Å²) in [6.07, 6.45) is 7.18. The highest BCUT2D eigenvalue weighted by molar-refractivity contribution is 5.66. The molecule has 0 bridgehead atoms. The zero-order chi connectivity index (χ0) is 24.6. The van der Waals surface area contributed by atoms with E-state index in [9.17, 15) is 20.1 Å². The number of nitrogens with zero attached hydrogens (tertiary/aromatic N) is 1. The number of hydrogen-bond acceptors (Lipinski definition) is 5. The van der Waals surface area contributed by atoms with Gasteiger partial charge in [0, 0.05) is 12.5 Å². The Morgan fingerprint density at radius 3 is 2.42 bits per heavy atom. The fraction of sp³-hybridized carbons (Fsp3) is 0.852. The van der Waals surface area contributed by atoms with Gasteiger partial charge in [0.05, 0.1) is 24.4 Å². The van der Waals surface area contributed by atoms with Gasteiger partial charge in [-0.3, -0.25) is 4.79 Å². The number of aliphatic carboxylic acids is 1. The molecule has 33 heavy (non-hydrogen) atoms. The Bertz CT molecular complexity index is 764. The third-order valence-corrected chi connectivity index (χ3v) is 10.4. The molecule has 0 aliphatic heterocycles. The van der Waals surface area contributed by atoms with Crippen LogP contribution in [-0.4, -0.2) is 44.7 Å². The SMILES string of the molecule is C=CC#N.C[C@H](CCC(=O)O)[C@H]1CC[C@H]2[C@@H]3[C@H](O)C[C@@H]4C[C@H](O)CC[C@]4(C)[C@H]3C[C@H](O)[C@]12C. The molecule has 6 heteroatoms. The van der Waals surface area contributed by atoms with E-state index in [1.165, 1.54) is 6.08 Å². The summed E-state index contributed by atoms with van der Waals surface area (Å²) >= 11 is 0. The molecule has 4 fully saturated rings. The van der Waals surface area contributed by atoms with E-state index in [1.54, 1.807) is 6.07 Å². The number of aliphatic hydroxyl groups is 3. The van der Waals surface area contributed by atoms with Crippen LogP contribution in [0.3, 0.4) is 0 Å². The summed E-state index contributed by atoms with van der Waals surface area (Å²) in [6, 6.07) is 1.69. The van der Waals surface area contributed by atoms with Crippen molar-refractivity contribution < 1.29 is 25.2 Å². The Morgan fingerprint density at radius 2 is 1.82 bits per heavy atom. The molecule has 6 nitrogen and oxygen atoms in total. The fourth-order valence-electron chi connectivity index (χ4n) is 8.68. The molecule has 186 valence electrons. The molecule has 0 aromatic carbocycles. The number of rotatable bonds is 4. The van der Waals surface area contributed by atoms with E-state index in [1.807, 2.05) is 0 Å². The van der Waals surface area contributed by atoms with Crippen LogP contribution >= 0.6 is 0 Å². The van der Waals surface area contributed by atoms with Crippen molar-refractivity contribution in [2.45, 2.75) is 96.9 Å². The summed E-state index contributed by atoms with van der Waals surface area (Å²) in [5, 5.41) is 49.5. The third kappa shape index (κ3) is 4.61. The Labute approximate surface area is 198 Å².